The van der Waals surface area contributed by atoms with E-state index >= 15 is 0 Å². The number of hydrogen-bond acceptors (Lipinski definition) is 7. The van der Waals surface area contributed by atoms with Crippen LogP contribution in [0.15, 0.2) is 89.2 Å². The topological polar surface area (TPSA) is 133 Å². The highest BCUT2D eigenvalue weighted by Crippen LogP contribution is 2.68. The number of fused-ring (bicyclic) bond motifs is 6. The molecule has 7 atom stereocenters. The summed E-state index contributed by atoms with van der Waals surface area (Å²) in [5.41, 5.74) is 9.71. The second-order valence-electron chi connectivity index (χ2n) is 14.8. The maximum absolute atomic E-state index is 14.4. The van der Waals surface area contributed by atoms with Crippen molar-refractivity contribution in [3.05, 3.63) is 107 Å². The number of aliphatic hydroxyl groups excluding tert-OH is 1. The fourth-order valence-corrected chi connectivity index (χ4v) is 10.1. The van der Waals surface area contributed by atoms with Crippen molar-refractivity contribution in [3.8, 4) is 5.69 Å². The lowest BCUT2D eigenvalue weighted by molar-refractivity contribution is -0.182. The zero-order valence-electron chi connectivity index (χ0n) is 27.4. The van der Waals surface area contributed by atoms with Gasteiger partial charge in [-0.3, -0.25) is 4.79 Å². The van der Waals surface area contributed by atoms with Crippen LogP contribution < -0.4 is 11.1 Å². The molecular weight excluding hydrogens is 604 g/mol. The van der Waals surface area contributed by atoms with Crippen molar-refractivity contribution in [2.75, 3.05) is 5.73 Å². The van der Waals surface area contributed by atoms with Crippen molar-refractivity contribution in [3.63, 3.8) is 0 Å². The molecule has 4 aliphatic carbocycles. The minimum Gasteiger partial charge on any atom is -0.457 e. The number of nitrogens with two attached hydrogens (primary N) is 1. The molecular formula is C39H42N4O5. The molecule has 0 radical (unpaired) electrons. The Balaban J connectivity index is 1.12. The summed E-state index contributed by atoms with van der Waals surface area (Å²) in [4.78, 5) is 27.9. The summed E-state index contributed by atoms with van der Waals surface area (Å²) in [7, 11) is 0. The fraction of sp³-hybridized carbons (Fsp3) is 0.410. The van der Waals surface area contributed by atoms with Crippen LogP contribution >= 0.6 is 0 Å². The number of carbonyl (C=O) groups is 2. The number of aliphatic hydroxyl groups is 1. The van der Waals surface area contributed by atoms with E-state index in [1.165, 1.54) is 11.8 Å². The molecule has 1 amide bonds. The van der Waals surface area contributed by atoms with Crippen LogP contribution in [0.4, 0.5) is 5.69 Å². The lowest BCUT2D eigenvalue weighted by Gasteiger charge is -2.60. The molecule has 4 aliphatic rings. The monoisotopic (exact) mass is 646 g/mol. The van der Waals surface area contributed by atoms with Gasteiger partial charge in [-0.2, -0.15) is 5.10 Å². The Morgan fingerprint density at radius 3 is 2.71 bits per heavy atom. The van der Waals surface area contributed by atoms with Gasteiger partial charge in [-0.25, -0.2) is 9.48 Å². The Hall–Kier alpha value is -4.63. The predicted molar refractivity (Wildman–Crippen MR) is 181 cm³/mol. The quantitative estimate of drug-likeness (QED) is 0.170. The van der Waals surface area contributed by atoms with Gasteiger partial charge in [-0.15, -0.1) is 0 Å². The van der Waals surface area contributed by atoms with Crippen LogP contribution in [-0.2, 0) is 22.5 Å². The van der Waals surface area contributed by atoms with Crippen molar-refractivity contribution < 1.29 is 23.8 Å². The third kappa shape index (κ3) is 4.58. The molecule has 2 aromatic carbocycles. The number of allylic oxidation sites excluding steroid dienone is 1. The van der Waals surface area contributed by atoms with E-state index in [1.54, 1.807) is 12.1 Å². The van der Waals surface area contributed by atoms with Crippen molar-refractivity contribution in [2.24, 2.45) is 28.6 Å². The van der Waals surface area contributed by atoms with E-state index in [2.05, 4.69) is 25.2 Å². The second kappa shape index (κ2) is 11.2. The van der Waals surface area contributed by atoms with Gasteiger partial charge >= 0.3 is 5.97 Å². The SMILES string of the molecule is CC12Cc3cnn(-c4cccc(N)c4)c3C=C1CCC1C2C(O)CC2(C)C1CCC2(OC(=O)c1ccco1)C(=O)NCc1ccccc1. The van der Waals surface area contributed by atoms with Crippen LogP contribution in [0.25, 0.3) is 11.8 Å². The second-order valence-corrected chi connectivity index (χ2v) is 14.8. The van der Waals surface area contributed by atoms with E-state index in [-0.39, 0.29) is 34.8 Å². The number of rotatable bonds is 6. The summed E-state index contributed by atoms with van der Waals surface area (Å²) in [5.74, 6) is -0.705. The molecule has 8 rings (SSSR count). The molecule has 7 unspecified atom stereocenters. The normalized spacial score (nSPS) is 31.9. The molecule has 3 fully saturated rings. The van der Waals surface area contributed by atoms with Crippen molar-refractivity contribution >= 4 is 23.6 Å². The number of esters is 1. The van der Waals surface area contributed by atoms with E-state index in [1.807, 2.05) is 65.5 Å². The summed E-state index contributed by atoms with van der Waals surface area (Å²) < 4.78 is 13.7. The molecule has 0 bridgehead atoms. The first-order chi connectivity index (χ1) is 23.1. The number of nitrogens with zero attached hydrogens (tertiary/aromatic N) is 2. The van der Waals surface area contributed by atoms with Gasteiger partial charge in [0.25, 0.3) is 5.91 Å². The summed E-state index contributed by atoms with van der Waals surface area (Å²) >= 11 is 0. The summed E-state index contributed by atoms with van der Waals surface area (Å²) in [6.07, 6.45) is 8.97. The van der Waals surface area contributed by atoms with E-state index in [9.17, 15) is 14.7 Å². The number of carbonyl (C=O) groups excluding carboxylic acids is 2. The molecule has 248 valence electrons. The minimum atomic E-state index is -1.46. The maximum Gasteiger partial charge on any atom is 0.375 e. The van der Waals surface area contributed by atoms with Gasteiger partial charge in [-0.05, 0) is 109 Å². The van der Waals surface area contributed by atoms with Crippen molar-refractivity contribution in [1.82, 2.24) is 15.1 Å². The highest BCUT2D eigenvalue weighted by molar-refractivity contribution is 5.93. The van der Waals surface area contributed by atoms with Gasteiger partial charge in [0.15, 0.2) is 5.60 Å². The molecule has 0 spiro atoms. The van der Waals surface area contributed by atoms with Crippen LogP contribution in [0.1, 0.15) is 73.3 Å². The Bertz CT molecular complexity index is 1900. The molecule has 4 aromatic rings. The highest BCUT2D eigenvalue weighted by atomic mass is 16.6. The molecule has 48 heavy (non-hydrogen) atoms. The van der Waals surface area contributed by atoms with Gasteiger partial charge < -0.3 is 25.3 Å². The number of amides is 1. The Morgan fingerprint density at radius 1 is 1.10 bits per heavy atom. The third-order valence-corrected chi connectivity index (χ3v) is 12.3. The average Bonchev–Trinajstić information content (AvgIpc) is 3.81. The minimum absolute atomic E-state index is 0.0107. The Kier molecular flexibility index (Phi) is 7.18. The lowest BCUT2D eigenvalue weighted by Crippen LogP contribution is -2.64. The van der Waals surface area contributed by atoms with E-state index in [0.717, 1.165) is 48.2 Å². The van der Waals surface area contributed by atoms with Gasteiger partial charge in [-0.1, -0.05) is 55.8 Å². The number of anilines is 1. The van der Waals surface area contributed by atoms with Gasteiger partial charge in [0.1, 0.15) is 0 Å². The number of nitrogens with one attached hydrogen (secondary N) is 1. The third-order valence-electron chi connectivity index (χ3n) is 12.3. The average molecular weight is 647 g/mol. The first kappa shape index (κ1) is 30.7. The molecule has 4 N–H and O–H groups in total. The van der Waals surface area contributed by atoms with Crippen LogP contribution in [0.5, 0.6) is 0 Å². The number of hydrogen-bond donors (Lipinski definition) is 3. The smallest absolute Gasteiger partial charge is 0.375 e. The molecule has 0 saturated heterocycles. The van der Waals surface area contributed by atoms with E-state index in [0.29, 0.717) is 25.1 Å². The van der Waals surface area contributed by atoms with Gasteiger partial charge in [0.05, 0.1) is 29.9 Å². The Morgan fingerprint density at radius 2 is 1.94 bits per heavy atom. The molecule has 3 saturated carbocycles. The van der Waals surface area contributed by atoms with Crippen LogP contribution in [0.2, 0.25) is 0 Å². The molecule has 0 aliphatic heterocycles. The summed E-state index contributed by atoms with van der Waals surface area (Å²) in [6, 6.07) is 20.7. The summed E-state index contributed by atoms with van der Waals surface area (Å²) in [6.45, 7) is 4.67. The number of aromatic nitrogens is 2. The standard InChI is InChI=1S/C39H42N4O5/c1-37-20-25-23-42-43(28-11-6-10-27(40)19-28)31(25)18-26(37)13-14-29-30-15-16-39(38(30,2)21-32(44)34(29)37,48-35(45)33-12-7-17-47-33)36(46)41-22-24-8-4-3-5-9-24/h3-12,17-19,23,29-30,32,34,44H,13-16,20-22,40H2,1-2H3,(H,41,46). The van der Waals surface area contributed by atoms with Crippen LogP contribution in [-0.4, -0.2) is 38.5 Å². The first-order valence-corrected chi connectivity index (χ1v) is 17.0. The van der Waals surface area contributed by atoms with Crippen molar-refractivity contribution in [2.45, 2.75) is 70.6 Å². The highest BCUT2D eigenvalue weighted by Gasteiger charge is 2.71. The van der Waals surface area contributed by atoms with Gasteiger partial charge in [0, 0.05) is 17.6 Å². The first-order valence-electron chi connectivity index (χ1n) is 17.0. The zero-order chi connectivity index (χ0) is 33.3. The van der Waals surface area contributed by atoms with Crippen LogP contribution in [0.3, 0.4) is 0 Å². The molecule has 2 aromatic heterocycles. The van der Waals surface area contributed by atoms with E-state index < -0.39 is 23.1 Å². The van der Waals surface area contributed by atoms with Crippen LogP contribution in [0, 0.1) is 28.6 Å². The summed E-state index contributed by atoms with van der Waals surface area (Å²) in [5, 5.41) is 20.1. The lowest BCUT2D eigenvalue weighted by atomic mass is 9.45. The number of ether oxygens (including phenoxy) is 1. The number of benzene rings is 2. The number of furan rings is 1. The largest absolute Gasteiger partial charge is 0.457 e. The Labute approximate surface area is 280 Å². The molecule has 2 heterocycles. The molecule has 9 nitrogen and oxygen atoms in total. The maximum atomic E-state index is 14.4. The van der Waals surface area contributed by atoms with Crippen molar-refractivity contribution in [1.29, 1.82) is 0 Å². The number of nitrogen functional groups attached to an aromatic ring is 1. The van der Waals surface area contributed by atoms with Gasteiger partial charge in [0.2, 0.25) is 5.76 Å². The molecule has 9 heteroatoms. The predicted octanol–water partition coefficient (Wildman–Crippen LogP) is 6.11. The fourth-order valence-electron chi connectivity index (χ4n) is 10.1. The van der Waals surface area contributed by atoms with E-state index in [4.69, 9.17) is 20.0 Å². The zero-order valence-corrected chi connectivity index (χ0v) is 27.4.